The van der Waals surface area contributed by atoms with E-state index in [1.807, 2.05) is 37.3 Å². The largest absolute Gasteiger partial charge is 0.454 e. The van der Waals surface area contributed by atoms with Crippen LogP contribution in [-0.2, 0) is 30.3 Å². The highest BCUT2D eigenvalue weighted by Gasteiger charge is 2.47. The third kappa shape index (κ3) is 6.41. The van der Waals surface area contributed by atoms with Gasteiger partial charge in [0.2, 0.25) is 0 Å². The molecule has 1 aromatic carbocycles. The van der Waals surface area contributed by atoms with E-state index in [1.165, 1.54) is 6.08 Å². The van der Waals surface area contributed by atoms with Crippen molar-refractivity contribution in [3.05, 3.63) is 48.6 Å². The van der Waals surface area contributed by atoms with Gasteiger partial charge in [-0.05, 0) is 12.0 Å². The second kappa shape index (κ2) is 11.2. The number of esters is 1. The van der Waals surface area contributed by atoms with Crippen LogP contribution in [0.4, 0.5) is 0 Å². The summed E-state index contributed by atoms with van der Waals surface area (Å²) < 4.78 is 21.9. The number of carbonyl (C=O) groups is 1. The fraction of sp³-hybridized carbons (Fsp3) is 0.550. The molecule has 0 aliphatic carbocycles. The number of carbonyl (C=O) groups excluding carboxylic acids is 1. The maximum atomic E-state index is 11.8. The van der Waals surface area contributed by atoms with Crippen molar-refractivity contribution in [2.75, 3.05) is 13.2 Å². The van der Waals surface area contributed by atoms with Crippen molar-refractivity contribution in [2.24, 2.45) is 0 Å². The van der Waals surface area contributed by atoms with Crippen LogP contribution in [0.1, 0.15) is 25.3 Å². The van der Waals surface area contributed by atoms with Crippen LogP contribution in [0.2, 0.25) is 0 Å². The first-order valence-corrected chi connectivity index (χ1v) is 9.12. The normalized spacial score (nSPS) is 27.9. The highest BCUT2D eigenvalue weighted by atomic mass is 16.7. The highest BCUT2D eigenvalue weighted by Crippen LogP contribution is 2.26. The van der Waals surface area contributed by atoms with Crippen LogP contribution < -0.4 is 0 Å². The van der Waals surface area contributed by atoms with E-state index >= 15 is 0 Å². The lowest BCUT2D eigenvalue weighted by Gasteiger charge is -2.41. The molecule has 1 saturated heterocycles. The topological polar surface area (TPSA) is 94.5 Å². The number of ether oxygens (including phenoxy) is 4. The minimum Gasteiger partial charge on any atom is -0.454 e. The zero-order valence-corrected chi connectivity index (χ0v) is 15.5. The number of rotatable bonds is 10. The van der Waals surface area contributed by atoms with Crippen LogP contribution in [0.15, 0.2) is 43.0 Å². The molecule has 150 valence electrons. The molecule has 1 aliphatic heterocycles. The van der Waals surface area contributed by atoms with Crippen LogP contribution in [-0.4, -0.2) is 60.1 Å². The molecule has 0 unspecified atom stereocenters. The Bertz CT molecular complexity index is 577. The monoisotopic (exact) mass is 380 g/mol. The molecule has 2 rings (SSSR count). The summed E-state index contributed by atoms with van der Waals surface area (Å²) in [7, 11) is 0. The Kier molecular flexibility index (Phi) is 8.90. The summed E-state index contributed by atoms with van der Waals surface area (Å²) in [5.41, 5.74) is 0.981. The molecule has 1 fully saturated rings. The Morgan fingerprint density at radius 2 is 2.00 bits per heavy atom. The molecule has 1 aliphatic rings. The maximum absolute atomic E-state index is 11.8. The number of hydrogen-bond acceptors (Lipinski definition) is 7. The fourth-order valence-electron chi connectivity index (χ4n) is 2.82. The third-order valence-electron chi connectivity index (χ3n) is 4.16. The Morgan fingerprint density at radius 1 is 1.26 bits per heavy atom. The summed E-state index contributed by atoms with van der Waals surface area (Å²) in [6.45, 7) is 5.95. The first kappa shape index (κ1) is 21.5. The average Bonchev–Trinajstić information content (AvgIpc) is 2.66. The average molecular weight is 380 g/mol. The van der Waals surface area contributed by atoms with Crippen LogP contribution in [0.25, 0.3) is 0 Å². The first-order chi connectivity index (χ1) is 13.1. The molecule has 0 radical (unpaired) electrons. The lowest BCUT2D eigenvalue weighted by atomic mass is 9.98. The van der Waals surface area contributed by atoms with Gasteiger partial charge in [-0.2, -0.15) is 0 Å². The van der Waals surface area contributed by atoms with Gasteiger partial charge in [-0.1, -0.05) is 43.3 Å². The molecule has 27 heavy (non-hydrogen) atoms. The van der Waals surface area contributed by atoms with Gasteiger partial charge in [-0.15, -0.1) is 6.58 Å². The highest BCUT2D eigenvalue weighted by molar-refractivity contribution is 5.69. The second-order valence-electron chi connectivity index (χ2n) is 6.35. The molecule has 5 atom stereocenters. The van der Waals surface area contributed by atoms with E-state index in [2.05, 4.69) is 6.58 Å². The predicted molar refractivity (Wildman–Crippen MR) is 97.7 cm³/mol. The van der Waals surface area contributed by atoms with E-state index < -0.39 is 36.7 Å². The summed E-state index contributed by atoms with van der Waals surface area (Å²) in [6.07, 6.45) is -3.11. The van der Waals surface area contributed by atoms with Crippen LogP contribution in [0.5, 0.6) is 0 Å². The number of aliphatic hydroxyl groups is 2. The molecule has 0 saturated carbocycles. The molecular formula is C20H28O7. The van der Waals surface area contributed by atoms with Crippen LogP contribution >= 0.6 is 0 Å². The Morgan fingerprint density at radius 3 is 2.67 bits per heavy atom. The molecule has 0 bridgehead atoms. The molecule has 1 aromatic rings. The molecule has 2 N–H and O–H groups in total. The minimum absolute atomic E-state index is 0.0523. The fourth-order valence-corrected chi connectivity index (χ4v) is 2.82. The zero-order chi connectivity index (χ0) is 19.6. The first-order valence-electron chi connectivity index (χ1n) is 9.12. The van der Waals surface area contributed by atoms with Crippen molar-refractivity contribution >= 4 is 5.97 Å². The number of aliphatic hydroxyl groups excluding tert-OH is 2. The quantitative estimate of drug-likeness (QED) is 0.470. The van der Waals surface area contributed by atoms with Crippen LogP contribution in [0, 0.1) is 0 Å². The summed E-state index contributed by atoms with van der Waals surface area (Å²) >= 11 is 0. The van der Waals surface area contributed by atoms with E-state index in [9.17, 15) is 15.0 Å². The van der Waals surface area contributed by atoms with E-state index in [4.69, 9.17) is 18.9 Å². The second-order valence-corrected chi connectivity index (χ2v) is 6.35. The van der Waals surface area contributed by atoms with Crippen molar-refractivity contribution < 1.29 is 34.0 Å². The van der Waals surface area contributed by atoms with Gasteiger partial charge in [0.05, 0.1) is 19.8 Å². The van der Waals surface area contributed by atoms with Gasteiger partial charge in [0.15, 0.2) is 12.4 Å². The molecule has 7 heteroatoms. The van der Waals surface area contributed by atoms with Gasteiger partial charge in [0.25, 0.3) is 0 Å². The van der Waals surface area contributed by atoms with E-state index in [0.29, 0.717) is 13.0 Å². The lowest BCUT2D eigenvalue weighted by Crippen LogP contribution is -2.60. The van der Waals surface area contributed by atoms with Gasteiger partial charge in [0, 0.05) is 6.42 Å². The van der Waals surface area contributed by atoms with Crippen molar-refractivity contribution in [1.82, 2.24) is 0 Å². The Balaban J connectivity index is 1.97. The summed E-state index contributed by atoms with van der Waals surface area (Å²) in [6, 6.07) is 9.57. The van der Waals surface area contributed by atoms with Gasteiger partial charge >= 0.3 is 5.97 Å². The van der Waals surface area contributed by atoms with Gasteiger partial charge in [-0.3, -0.25) is 4.79 Å². The molecule has 0 aromatic heterocycles. The van der Waals surface area contributed by atoms with Crippen molar-refractivity contribution in [3.8, 4) is 0 Å². The zero-order valence-electron chi connectivity index (χ0n) is 15.5. The molecule has 0 spiro atoms. The summed E-state index contributed by atoms with van der Waals surface area (Å²) in [5.74, 6) is -0.483. The number of benzene rings is 1. The predicted octanol–water partition coefficient (Wildman–Crippen LogP) is 1.56. The van der Waals surface area contributed by atoms with Crippen molar-refractivity contribution in [2.45, 2.75) is 57.1 Å². The summed E-state index contributed by atoms with van der Waals surface area (Å²) in [5, 5.41) is 20.9. The standard InChI is InChI=1S/C20H28O7/c1-3-8-16(21)27-19-18(25-11-4-2)17(22)15(26-20(19)23)13-24-12-14-9-6-5-7-10-14/h4-7,9-10,15,17-20,22-23H,2-3,8,11-13H2,1H3/t15-,17-,18+,19-,20-/m1/s1. The molecule has 1 heterocycles. The van der Waals surface area contributed by atoms with Crippen molar-refractivity contribution in [1.29, 1.82) is 0 Å². The third-order valence-corrected chi connectivity index (χ3v) is 4.16. The maximum Gasteiger partial charge on any atom is 0.306 e. The molecule has 0 amide bonds. The lowest BCUT2D eigenvalue weighted by molar-refractivity contribution is -0.298. The number of hydrogen-bond donors (Lipinski definition) is 2. The summed E-state index contributed by atoms with van der Waals surface area (Å²) in [4.78, 5) is 11.8. The van der Waals surface area contributed by atoms with Gasteiger partial charge in [0.1, 0.15) is 18.3 Å². The Labute approximate surface area is 159 Å². The molecule has 7 nitrogen and oxygen atoms in total. The Hall–Kier alpha value is -1.77. The minimum atomic E-state index is -1.42. The van der Waals surface area contributed by atoms with E-state index in [-0.39, 0.29) is 19.6 Å². The molecular weight excluding hydrogens is 352 g/mol. The SMILES string of the molecule is C=CCO[C@H]1[C@H](O)[C@@H](COCc2ccccc2)O[C@@H](O)[C@@H]1OC(=O)CCC. The smallest absolute Gasteiger partial charge is 0.306 e. The van der Waals surface area contributed by atoms with Crippen LogP contribution in [0.3, 0.4) is 0 Å². The van der Waals surface area contributed by atoms with E-state index in [1.54, 1.807) is 0 Å². The van der Waals surface area contributed by atoms with Gasteiger partial charge < -0.3 is 29.2 Å². The van der Waals surface area contributed by atoms with Gasteiger partial charge in [-0.25, -0.2) is 0 Å². The van der Waals surface area contributed by atoms with Crippen molar-refractivity contribution in [3.63, 3.8) is 0 Å². The van der Waals surface area contributed by atoms with E-state index in [0.717, 1.165) is 5.56 Å².